The van der Waals surface area contributed by atoms with Crippen LogP contribution in [0.1, 0.15) is 38.5 Å². The zero-order valence-electron chi connectivity index (χ0n) is 11.4. The monoisotopic (exact) mass is 280 g/mol. The van der Waals surface area contributed by atoms with E-state index in [9.17, 15) is 14.4 Å². The zero-order chi connectivity index (χ0) is 14.2. The van der Waals surface area contributed by atoms with E-state index in [0.717, 1.165) is 25.7 Å². The summed E-state index contributed by atoms with van der Waals surface area (Å²) in [5.41, 5.74) is -0.916. The van der Waals surface area contributed by atoms with Crippen LogP contribution >= 0.6 is 0 Å². The molecule has 3 aliphatic rings. The summed E-state index contributed by atoms with van der Waals surface area (Å²) in [6.07, 6.45) is 6.10. The number of urea groups is 2. The lowest BCUT2D eigenvalue weighted by atomic mass is 9.96. The van der Waals surface area contributed by atoms with E-state index >= 15 is 0 Å². The molecule has 2 aliphatic heterocycles. The quantitative estimate of drug-likeness (QED) is 0.604. The van der Waals surface area contributed by atoms with Crippen molar-refractivity contribution in [3.05, 3.63) is 0 Å². The highest BCUT2D eigenvalue weighted by Crippen LogP contribution is 2.25. The number of nitrogens with one attached hydrogen (secondary N) is 3. The van der Waals surface area contributed by atoms with Crippen LogP contribution in [0.15, 0.2) is 0 Å². The molecule has 2 saturated heterocycles. The summed E-state index contributed by atoms with van der Waals surface area (Å²) < 4.78 is 0. The van der Waals surface area contributed by atoms with Gasteiger partial charge in [-0.25, -0.2) is 9.59 Å². The summed E-state index contributed by atoms with van der Waals surface area (Å²) in [6, 6.07) is -0.341. The molecule has 5 amide bonds. The average Bonchev–Trinajstić information content (AvgIpc) is 2.96. The van der Waals surface area contributed by atoms with E-state index in [1.807, 2.05) is 0 Å². The van der Waals surface area contributed by atoms with E-state index < -0.39 is 11.6 Å². The Morgan fingerprint density at radius 3 is 2.65 bits per heavy atom. The molecule has 20 heavy (non-hydrogen) atoms. The smallest absolute Gasteiger partial charge is 0.322 e. The molecular weight excluding hydrogens is 260 g/mol. The minimum absolute atomic E-state index is 0.122. The van der Waals surface area contributed by atoms with Gasteiger partial charge in [0.15, 0.2) is 0 Å². The normalized spacial score (nSPS) is 30.5. The molecule has 1 unspecified atom stereocenters. The van der Waals surface area contributed by atoms with Crippen LogP contribution in [0.5, 0.6) is 0 Å². The summed E-state index contributed by atoms with van der Waals surface area (Å²) in [5.74, 6) is -0.324. The first-order valence-corrected chi connectivity index (χ1v) is 7.28. The van der Waals surface area contributed by atoms with Gasteiger partial charge in [-0.15, -0.1) is 0 Å². The van der Waals surface area contributed by atoms with Gasteiger partial charge < -0.3 is 15.5 Å². The maximum atomic E-state index is 12.2. The minimum atomic E-state index is -0.916. The summed E-state index contributed by atoms with van der Waals surface area (Å²) in [7, 11) is 0. The number of nitrogens with zero attached hydrogens (tertiary/aromatic N) is 1. The molecule has 7 nitrogen and oxygen atoms in total. The molecule has 7 heteroatoms. The second-order valence-electron chi connectivity index (χ2n) is 5.95. The lowest BCUT2D eigenvalue weighted by molar-refractivity contribution is -0.123. The summed E-state index contributed by atoms with van der Waals surface area (Å²) in [6.45, 7) is 0.745. The molecule has 0 bridgehead atoms. The van der Waals surface area contributed by atoms with Gasteiger partial charge >= 0.3 is 12.1 Å². The Balaban J connectivity index is 1.58. The predicted octanol–water partition coefficient (Wildman–Crippen LogP) is 0.313. The minimum Gasteiger partial charge on any atom is -0.335 e. The molecule has 110 valence electrons. The van der Waals surface area contributed by atoms with E-state index in [-0.39, 0.29) is 24.5 Å². The molecule has 0 radical (unpaired) electrons. The van der Waals surface area contributed by atoms with Gasteiger partial charge in [-0.1, -0.05) is 19.3 Å². The highest BCUT2D eigenvalue weighted by Gasteiger charge is 2.51. The Morgan fingerprint density at radius 2 is 2.00 bits per heavy atom. The van der Waals surface area contributed by atoms with Gasteiger partial charge in [-0.2, -0.15) is 0 Å². The Labute approximate surface area is 117 Å². The van der Waals surface area contributed by atoms with Gasteiger partial charge in [-0.3, -0.25) is 10.1 Å². The average molecular weight is 280 g/mol. The van der Waals surface area contributed by atoms with E-state index in [0.29, 0.717) is 13.0 Å². The topological polar surface area (TPSA) is 90.5 Å². The molecule has 1 aliphatic carbocycles. The van der Waals surface area contributed by atoms with E-state index in [2.05, 4.69) is 16.0 Å². The lowest BCUT2D eigenvalue weighted by Crippen LogP contribution is -2.51. The fourth-order valence-corrected chi connectivity index (χ4v) is 3.31. The summed E-state index contributed by atoms with van der Waals surface area (Å²) in [4.78, 5) is 36.9. The number of rotatable bonds is 1. The van der Waals surface area contributed by atoms with E-state index in [4.69, 9.17) is 0 Å². The van der Waals surface area contributed by atoms with Crippen molar-refractivity contribution < 1.29 is 14.4 Å². The first kappa shape index (κ1) is 13.2. The van der Waals surface area contributed by atoms with E-state index in [1.54, 1.807) is 4.90 Å². The van der Waals surface area contributed by atoms with Crippen molar-refractivity contribution in [2.24, 2.45) is 0 Å². The number of imide groups is 1. The number of likely N-dealkylation sites (tertiary alicyclic amines) is 1. The number of carbonyl (C=O) groups excluding carboxylic acids is 3. The highest BCUT2D eigenvalue weighted by molar-refractivity contribution is 6.07. The first-order chi connectivity index (χ1) is 9.59. The van der Waals surface area contributed by atoms with E-state index in [1.165, 1.54) is 6.42 Å². The fraction of sp³-hybridized carbons (Fsp3) is 0.769. The van der Waals surface area contributed by atoms with Gasteiger partial charge in [0, 0.05) is 12.6 Å². The largest absolute Gasteiger partial charge is 0.335 e. The maximum absolute atomic E-state index is 12.2. The van der Waals surface area contributed by atoms with Crippen LogP contribution in [0.3, 0.4) is 0 Å². The van der Waals surface area contributed by atoms with Crippen molar-refractivity contribution in [3.8, 4) is 0 Å². The van der Waals surface area contributed by atoms with Gasteiger partial charge in [0.2, 0.25) is 0 Å². The molecule has 2 heterocycles. The third-order valence-corrected chi connectivity index (χ3v) is 4.50. The second kappa shape index (κ2) is 4.96. The molecule has 1 atom stereocenters. The summed E-state index contributed by atoms with van der Waals surface area (Å²) >= 11 is 0. The molecule has 0 aromatic heterocycles. The molecule has 0 aromatic rings. The Morgan fingerprint density at radius 1 is 1.25 bits per heavy atom. The molecule has 1 saturated carbocycles. The zero-order valence-corrected chi connectivity index (χ0v) is 11.4. The van der Waals surface area contributed by atoms with Crippen LogP contribution in [0.4, 0.5) is 9.59 Å². The maximum Gasteiger partial charge on any atom is 0.322 e. The third-order valence-electron chi connectivity index (χ3n) is 4.50. The van der Waals surface area contributed by atoms with Crippen molar-refractivity contribution in [2.75, 3.05) is 13.1 Å². The Hall–Kier alpha value is -1.79. The van der Waals surface area contributed by atoms with Crippen molar-refractivity contribution in [1.82, 2.24) is 20.9 Å². The van der Waals surface area contributed by atoms with Crippen LogP contribution in [0.2, 0.25) is 0 Å². The van der Waals surface area contributed by atoms with Crippen LogP contribution in [-0.2, 0) is 4.79 Å². The number of carbonyl (C=O) groups is 3. The number of hydrogen-bond acceptors (Lipinski definition) is 3. The Bertz CT molecular complexity index is 447. The van der Waals surface area contributed by atoms with Gasteiger partial charge in [0.1, 0.15) is 5.54 Å². The van der Waals surface area contributed by atoms with Crippen molar-refractivity contribution >= 4 is 18.0 Å². The lowest BCUT2D eigenvalue weighted by Gasteiger charge is -2.26. The van der Waals surface area contributed by atoms with Gasteiger partial charge in [0.05, 0.1) is 6.54 Å². The second-order valence-corrected chi connectivity index (χ2v) is 5.95. The molecule has 0 aromatic carbocycles. The SMILES string of the molecule is O=C1NC(=O)C2(CCN(C(=O)NC3CCCCC3)C2)N1. The predicted molar refractivity (Wildman–Crippen MR) is 71.0 cm³/mol. The highest BCUT2D eigenvalue weighted by atomic mass is 16.2. The molecule has 3 N–H and O–H groups in total. The molecular formula is C13H20N4O3. The molecule has 1 spiro atoms. The van der Waals surface area contributed by atoms with Crippen LogP contribution in [0.25, 0.3) is 0 Å². The number of hydrogen-bond donors (Lipinski definition) is 3. The standard InChI is InChI=1S/C13H20N4O3/c18-10-13(16-11(19)15-10)6-7-17(8-13)12(20)14-9-4-2-1-3-5-9/h9H,1-8H2,(H,14,20)(H2,15,16,18,19). The van der Waals surface area contributed by atoms with Crippen LogP contribution in [0, 0.1) is 0 Å². The molecule has 3 fully saturated rings. The number of amides is 5. The van der Waals surface area contributed by atoms with Crippen molar-refractivity contribution in [1.29, 1.82) is 0 Å². The van der Waals surface area contributed by atoms with Gasteiger partial charge in [0.25, 0.3) is 5.91 Å². The summed E-state index contributed by atoms with van der Waals surface area (Å²) in [5, 5.41) is 7.93. The van der Waals surface area contributed by atoms with Crippen LogP contribution in [-0.4, -0.2) is 47.5 Å². The fourth-order valence-electron chi connectivity index (χ4n) is 3.31. The molecule has 3 rings (SSSR count). The van der Waals surface area contributed by atoms with Crippen molar-refractivity contribution in [3.63, 3.8) is 0 Å². The van der Waals surface area contributed by atoms with Gasteiger partial charge in [-0.05, 0) is 19.3 Å². The van der Waals surface area contributed by atoms with Crippen molar-refractivity contribution in [2.45, 2.75) is 50.1 Å². The third kappa shape index (κ3) is 2.32. The van der Waals surface area contributed by atoms with Crippen LogP contribution < -0.4 is 16.0 Å². The first-order valence-electron chi connectivity index (χ1n) is 7.28. The Kier molecular flexibility index (Phi) is 3.27.